The molecule has 6 rings (SSSR count). The molecule has 3 nitrogen and oxygen atoms in total. The Balaban J connectivity index is 1.72. The SMILES string of the molecule is ClC1=C=Cc2c(oc3ccccc23)C(c2cccc3c2oc2ccccc23)=N1. The standard InChI is InChI=1S/C24H12ClNO2/c25-21-13-12-17-15-7-2-4-11-20(15)28-24(17)22(26-21)18-9-5-8-16-14-6-1-3-10-19(14)27-23(16)18/h1-12H. The van der Waals surface area contributed by atoms with Gasteiger partial charge in [0, 0.05) is 27.3 Å². The summed E-state index contributed by atoms with van der Waals surface area (Å²) in [6.45, 7) is 0. The predicted octanol–water partition coefficient (Wildman–Crippen LogP) is 6.88. The van der Waals surface area contributed by atoms with Crippen molar-refractivity contribution in [1.29, 1.82) is 0 Å². The molecule has 4 heteroatoms. The number of hydrogen-bond acceptors (Lipinski definition) is 3. The Labute approximate surface area is 164 Å². The predicted molar refractivity (Wildman–Crippen MR) is 113 cm³/mol. The second-order valence-electron chi connectivity index (χ2n) is 6.66. The number of aliphatic imine (C=N–C) groups is 1. The topological polar surface area (TPSA) is 38.6 Å². The maximum atomic E-state index is 6.31. The smallest absolute Gasteiger partial charge is 0.172 e. The van der Waals surface area contributed by atoms with Crippen molar-refractivity contribution < 1.29 is 8.83 Å². The van der Waals surface area contributed by atoms with Crippen LogP contribution in [-0.4, -0.2) is 5.71 Å². The summed E-state index contributed by atoms with van der Waals surface area (Å²) in [5.41, 5.74) is 7.83. The molecule has 1 aliphatic rings. The Morgan fingerprint density at radius 3 is 2.32 bits per heavy atom. The summed E-state index contributed by atoms with van der Waals surface area (Å²) >= 11 is 6.31. The minimum Gasteiger partial charge on any atom is -0.455 e. The number of halogens is 1. The lowest BCUT2D eigenvalue weighted by Crippen LogP contribution is -2.03. The van der Waals surface area contributed by atoms with Crippen molar-refractivity contribution in [2.75, 3.05) is 0 Å². The second kappa shape index (κ2) is 5.74. The van der Waals surface area contributed by atoms with E-state index in [0.717, 1.165) is 44.0 Å². The van der Waals surface area contributed by atoms with Gasteiger partial charge in [0.15, 0.2) is 10.9 Å². The van der Waals surface area contributed by atoms with Crippen LogP contribution in [-0.2, 0) is 0 Å². The number of benzene rings is 3. The highest BCUT2D eigenvalue weighted by Crippen LogP contribution is 2.36. The largest absolute Gasteiger partial charge is 0.455 e. The summed E-state index contributed by atoms with van der Waals surface area (Å²) in [5, 5.41) is 3.38. The summed E-state index contributed by atoms with van der Waals surface area (Å²) in [4.78, 5) is 4.61. The fourth-order valence-corrected chi connectivity index (χ4v) is 3.95. The summed E-state index contributed by atoms with van der Waals surface area (Å²) < 4.78 is 12.4. The molecule has 0 saturated heterocycles. The van der Waals surface area contributed by atoms with Crippen LogP contribution in [0.25, 0.3) is 39.0 Å². The van der Waals surface area contributed by atoms with Crippen LogP contribution in [0.3, 0.4) is 0 Å². The van der Waals surface area contributed by atoms with E-state index < -0.39 is 0 Å². The molecule has 132 valence electrons. The molecular weight excluding hydrogens is 370 g/mol. The molecule has 0 saturated carbocycles. The second-order valence-corrected chi connectivity index (χ2v) is 7.02. The van der Waals surface area contributed by atoms with E-state index in [0.29, 0.717) is 11.5 Å². The monoisotopic (exact) mass is 381 g/mol. The number of nitrogens with zero attached hydrogens (tertiary/aromatic N) is 1. The average molecular weight is 382 g/mol. The van der Waals surface area contributed by atoms with Crippen molar-refractivity contribution in [3.63, 3.8) is 0 Å². The van der Waals surface area contributed by atoms with Crippen molar-refractivity contribution in [3.8, 4) is 0 Å². The van der Waals surface area contributed by atoms with Gasteiger partial charge in [0.05, 0.1) is 0 Å². The lowest BCUT2D eigenvalue weighted by molar-refractivity contribution is 0.604. The summed E-state index contributed by atoms with van der Waals surface area (Å²) in [6.07, 6.45) is 1.83. The van der Waals surface area contributed by atoms with Crippen LogP contribution < -0.4 is 0 Å². The van der Waals surface area contributed by atoms with Gasteiger partial charge in [-0.3, -0.25) is 0 Å². The number of furan rings is 2. The molecule has 28 heavy (non-hydrogen) atoms. The van der Waals surface area contributed by atoms with Crippen LogP contribution in [0.1, 0.15) is 16.9 Å². The number of fused-ring (bicyclic) bond motifs is 6. The quantitative estimate of drug-likeness (QED) is 0.234. The summed E-state index contributed by atoms with van der Waals surface area (Å²) in [7, 11) is 0. The van der Waals surface area contributed by atoms with E-state index in [1.165, 1.54) is 0 Å². The molecule has 0 amide bonds. The van der Waals surface area contributed by atoms with E-state index in [4.69, 9.17) is 20.4 Å². The third-order valence-corrected chi connectivity index (χ3v) is 5.25. The highest BCUT2D eigenvalue weighted by Gasteiger charge is 2.24. The fraction of sp³-hybridized carbons (Fsp3) is 0. The van der Waals surface area contributed by atoms with E-state index >= 15 is 0 Å². The Morgan fingerprint density at radius 1 is 0.750 bits per heavy atom. The molecule has 0 N–H and O–H groups in total. The minimum absolute atomic E-state index is 0.276. The van der Waals surface area contributed by atoms with Gasteiger partial charge in [-0.25, -0.2) is 4.99 Å². The van der Waals surface area contributed by atoms with Gasteiger partial charge in [0.1, 0.15) is 22.5 Å². The highest BCUT2D eigenvalue weighted by atomic mass is 35.5. The summed E-state index contributed by atoms with van der Waals surface area (Å²) in [6, 6.07) is 21.9. The van der Waals surface area contributed by atoms with E-state index in [1.54, 1.807) is 0 Å². The van der Waals surface area contributed by atoms with Gasteiger partial charge >= 0.3 is 0 Å². The average Bonchev–Trinajstić information content (AvgIpc) is 3.24. The van der Waals surface area contributed by atoms with Crippen LogP contribution in [0.15, 0.2) is 91.4 Å². The molecule has 2 aromatic heterocycles. The molecule has 1 aliphatic heterocycles. The fourth-order valence-electron chi connectivity index (χ4n) is 3.81. The van der Waals surface area contributed by atoms with Crippen LogP contribution in [0.2, 0.25) is 0 Å². The summed E-state index contributed by atoms with van der Waals surface area (Å²) in [5.74, 6) is 0.664. The van der Waals surface area contributed by atoms with Crippen molar-refractivity contribution in [1.82, 2.24) is 0 Å². The molecule has 0 spiro atoms. The first kappa shape index (κ1) is 15.5. The van der Waals surface area contributed by atoms with Gasteiger partial charge in [-0.15, -0.1) is 0 Å². The van der Waals surface area contributed by atoms with Crippen LogP contribution in [0, 0.1) is 0 Å². The first-order chi connectivity index (χ1) is 13.8. The highest BCUT2D eigenvalue weighted by molar-refractivity contribution is 6.32. The Kier molecular flexibility index (Phi) is 3.18. The lowest BCUT2D eigenvalue weighted by atomic mass is 10.0. The molecule has 0 aliphatic carbocycles. The van der Waals surface area contributed by atoms with Crippen molar-refractivity contribution in [2.45, 2.75) is 0 Å². The van der Waals surface area contributed by atoms with Crippen molar-refractivity contribution >= 4 is 56.3 Å². The first-order valence-corrected chi connectivity index (χ1v) is 9.31. The van der Waals surface area contributed by atoms with E-state index in [2.05, 4.69) is 22.9 Å². The van der Waals surface area contributed by atoms with Crippen LogP contribution in [0.5, 0.6) is 0 Å². The third-order valence-electron chi connectivity index (χ3n) is 5.05. The molecule has 3 aromatic carbocycles. The van der Waals surface area contributed by atoms with Crippen molar-refractivity contribution in [2.24, 2.45) is 4.99 Å². The Bertz CT molecular complexity index is 1510. The minimum atomic E-state index is 0.276. The maximum Gasteiger partial charge on any atom is 0.172 e. The van der Waals surface area contributed by atoms with E-state index in [9.17, 15) is 0 Å². The zero-order valence-electron chi connectivity index (χ0n) is 14.6. The van der Waals surface area contributed by atoms with Crippen molar-refractivity contribution in [3.05, 3.63) is 94.5 Å². The van der Waals surface area contributed by atoms with Gasteiger partial charge in [-0.1, -0.05) is 65.9 Å². The molecule has 0 fully saturated rings. The first-order valence-electron chi connectivity index (χ1n) is 8.93. The molecule has 0 atom stereocenters. The number of hydrogen-bond donors (Lipinski definition) is 0. The van der Waals surface area contributed by atoms with E-state index in [-0.39, 0.29) is 5.16 Å². The molecular formula is C24H12ClNO2. The van der Waals surface area contributed by atoms with Crippen LogP contribution >= 0.6 is 11.6 Å². The lowest BCUT2D eigenvalue weighted by Gasteiger charge is -2.05. The van der Waals surface area contributed by atoms with Crippen LogP contribution in [0.4, 0.5) is 0 Å². The van der Waals surface area contributed by atoms with Gasteiger partial charge in [-0.05, 0) is 24.3 Å². The zero-order chi connectivity index (χ0) is 18.7. The number of rotatable bonds is 1. The molecule has 0 bridgehead atoms. The third kappa shape index (κ3) is 2.15. The molecule has 5 aromatic rings. The molecule has 0 unspecified atom stereocenters. The van der Waals surface area contributed by atoms with Gasteiger partial charge in [-0.2, -0.15) is 0 Å². The van der Waals surface area contributed by atoms with Gasteiger partial charge in [0.25, 0.3) is 0 Å². The van der Waals surface area contributed by atoms with Gasteiger partial charge < -0.3 is 8.83 Å². The maximum absolute atomic E-state index is 6.31. The number of para-hydroxylation sites is 3. The van der Waals surface area contributed by atoms with Gasteiger partial charge in [0.2, 0.25) is 0 Å². The normalized spacial score (nSPS) is 13.6. The zero-order valence-corrected chi connectivity index (χ0v) is 15.3. The Hall–Kier alpha value is -3.52. The molecule has 0 radical (unpaired) electrons. The Morgan fingerprint density at radius 2 is 1.46 bits per heavy atom. The molecule has 3 heterocycles. The van der Waals surface area contributed by atoms with E-state index in [1.807, 2.05) is 60.7 Å².